The molecule has 4 nitrogen and oxygen atoms in total. The van der Waals surface area contributed by atoms with Gasteiger partial charge in [-0.3, -0.25) is 0 Å². The summed E-state index contributed by atoms with van der Waals surface area (Å²) in [6.07, 6.45) is 2.92. The summed E-state index contributed by atoms with van der Waals surface area (Å²) in [4.78, 5) is 0. The molecule has 0 saturated heterocycles. The van der Waals surface area contributed by atoms with Crippen LogP contribution >= 0.6 is 0 Å². The van der Waals surface area contributed by atoms with Crippen molar-refractivity contribution in [3.63, 3.8) is 0 Å². The van der Waals surface area contributed by atoms with Crippen LogP contribution in [-0.4, -0.2) is 46.7 Å². The van der Waals surface area contributed by atoms with E-state index in [-0.39, 0.29) is 5.75 Å². The minimum Gasteiger partial charge on any atom is -0.385 e. The molecule has 0 spiro atoms. The van der Waals surface area contributed by atoms with Crippen molar-refractivity contribution in [2.75, 3.05) is 32.3 Å². The maximum atomic E-state index is 10.9. The van der Waals surface area contributed by atoms with Gasteiger partial charge in [-0.05, 0) is 25.3 Å². The Morgan fingerprint density at radius 2 is 1.94 bits per heavy atom. The van der Waals surface area contributed by atoms with Crippen molar-refractivity contribution in [2.45, 2.75) is 32.7 Å². The topological polar surface area (TPSA) is 55.4 Å². The third-order valence-electron chi connectivity index (χ3n) is 2.54. The molecule has 0 amide bonds. The fourth-order valence-electron chi connectivity index (χ4n) is 1.54. The Labute approximate surface area is 99.7 Å². The second-order valence-corrected chi connectivity index (χ2v) is 6.83. The summed E-state index contributed by atoms with van der Waals surface area (Å²) >= 11 is 0. The molecule has 0 fully saturated rings. The second kappa shape index (κ2) is 8.03. The molecule has 0 aliphatic heterocycles. The van der Waals surface area contributed by atoms with Gasteiger partial charge >= 0.3 is 0 Å². The van der Waals surface area contributed by atoms with Crippen LogP contribution in [0, 0.1) is 5.92 Å². The number of methoxy groups -OCH3 is 1. The molecule has 1 N–H and O–H groups in total. The van der Waals surface area contributed by atoms with Crippen molar-refractivity contribution in [1.29, 1.82) is 0 Å². The number of rotatable bonds is 9. The van der Waals surface area contributed by atoms with Crippen molar-refractivity contribution in [2.24, 2.45) is 5.92 Å². The molecule has 0 rings (SSSR count). The molecule has 1 unspecified atom stereocenters. The monoisotopic (exact) mass is 251 g/mol. The molecule has 0 aliphatic rings. The lowest BCUT2D eigenvalue weighted by Gasteiger charge is -2.22. The van der Waals surface area contributed by atoms with Crippen molar-refractivity contribution in [3.05, 3.63) is 0 Å². The summed E-state index contributed by atoms with van der Waals surface area (Å²) in [6.45, 7) is 5.80. The van der Waals surface area contributed by atoms with Crippen LogP contribution in [0.15, 0.2) is 0 Å². The lowest BCUT2D eigenvalue weighted by molar-refractivity contribution is 0.174. The van der Waals surface area contributed by atoms with Gasteiger partial charge in [0, 0.05) is 26.0 Å². The Bertz CT molecular complexity index is 262. The number of sulfone groups is 1. The fraction of sp³-hybridized carbons (Fsp3) is 1.00. The average molecular weight is 251 g/mol. The van der Waals surface area contributed by atoms with Crippen molar-refractivity contribution >= 4 is 9.84 Å². The molecule has 0 aromatic heterocycles. The van der Waals surface area contributed by atoms with E-state index in [1.165, 1.54) is 6.26 Å². The molecule has 16 heavy (non-hydrogen) atoms. The number of ether oxygens (including phenoxy) is 1. The van der Waals surface area contributed by atoms with Crippen LogP contribution < -0.4 is 5.32 Å². The Kier molecular flexibility index (Phi) is 7.97. The highest BCUT2D eigenvalue weighted by Crippen LogP contribution is 2.06. The van der Waals surface area contributed by atoms with Crippen LogP contribution in [0.1, 0.15) is 26.7 Å². The molecule has 0 aromatic carbocycles. The molecule has 5 heteroatoms. The first-order valence-electron chi connectivity index (χ1n) is 5.77. The zero-order valence-electron chi connectivity index (χ0n) is 10.8. The summed E-state index contributed by atoms with van der Waals surface area (Å²) in [7, 11) is -1.13. The quantitative estimate of drug-likeness (QED) is 0.623. The van der Waals surface area contributed by atoms with Gasteiger partial charge in [0.15, 0.2) is 0 Å². The second-order valence-electron chi connectivity index (χ2n) is 4.57. The maximum absolute atomic E-state index is 10.9. The first-order chi connectivity index (χ1) is 7.37. The van der Waals surface area contributed by atoms with Gasteiger partial charge in [0.25, 0.3) is 0 Å². The molecular weight excluding hydrogens is 226 g/mol. The van der Waals surface area contributed by atoms with Gasteiger partial charge in [0.05, 0.1) is 5.75 Å². The smallest absolute Gasteiger partial charge is 0.147 e. The molecule has 0 aliphatic carbocycles. The molecule has 0 bridgehead atoms. The highest BCUT2D eigenvalue weighted by atomic mass is 32.2. The van der Waals surface area contributed by atoms with Gasteiger partial charge in [-0.25, -0.2) is 8.42 Å². The number of hydrogen-bond donors (Lipinski definition) is 1. The lowest BCUT2D eigenvalue weighted by atomic mass is 10.0. The number of hydrogen-bond acceptors (Lipinski definition) is 4. The van der Waals surface area contributed by atoms with E-state index in [2.05, 4.69) is 19.2 Å². The van der Waals surface area contributed by atoms with E-state index in [1.54, 1.807) is 7.11 Å². The molecule has 0 heterocycles. The number of nitrogens with one attached hydrogen (secondary N) is 1. The third-order valence-corrected chi connectivity index (χ3v) is 3.57. The Balaban J connectivity index is 3.76. The highest BCUT2D eigenvalue weighted by Gasteiger charge is 2.12. The predicted molar refractivity (Wildman–Crippen MR) is 67.4 cm³/mol. The summed E-state index contributed by atoms with van der Waals surface area (Å²) in [5, 5.41) is 3.38. The van der Waals surface area contributed by atoms with Gasteiger partial charge in [0.2, 0.25) is 0 Å². The summed E-state index contributed by atoms with van der Waals surface area (Å²) < 4.78 is 26.9. The van der Waals surface area contributed by atoms with E-state index in [4.69, 9.17) is 4.74 Å². The lowest BCUT2D eigenvalue weighted by Crippen LogP contribution is -2.36. The largest absolute Gasteiger partial charge is 0.385 e. The zero-order valence-corrected chi connectivity index (χ0v) is 11.6. The Hall–Kier alpha value is -0.130. The van der Waals surface area contributed by atoms with E-state index >= 15 is 0 Å². The van der Waals surface area contributed by atoms with E-state index in [0.29, 0.717) is 18.4 Å². The van der Waals surface area contributed by atoms with Gasteiger partial charge in [-0.15, -0.1) is 0 Å². The molecule has 0 saturated carbocycles. The molecular formula is C11H25NO3S. The standard InChI is InChI=1S/C11H25NO3S/c1-10(2)11(6-8-15-3)12-7-5-9-16(4,13)14/h10-12H,5-9H2,1-4H3. The first kappa shape index (κ1) is 15.9. The summed E-state index contributed by atoms with van der Waals surface area (Å²) in [5.74, 6) is 0.795. The predicted octanol–water partition coefficient (Wildman–Crippen LogP) is 1.07. The normalized spacial score (nSPS) is 14.3. The molecule has 0 aromatic rings. The average Bonchev–Trinajstić information content (AvgIpc) is 2.14. The van der Waals surface area contributed by atoms with Crippen molar-refractivity contribution < 1.29 is 13.2 Å². The van der Waals surface area contributed by atoms with Crippen LogP contribution in [0.2, 0.25) is 0 Å². The van der Waals surface area contributed by atoms with Crippen LogP contribution in [0.4, 0.5) is 0 Å². The summed E-state index contributed by atoms with van der Waals surface area (Å²) in [6, 6.07) is 0.402. The van der Waals surface area contributed by atoms with Crippen LogP contribution in [-0.2, 0) is 14.6 Å². The van der Waals surface area contributed by atoms with E-state index in [0.717, 1.165) is 19.6 Å². The van der Waals surface area contributed by atoms with E-state index in [1.807, 2.05) is 0 Å². The van der Waals surface area contributed by atoms with Crippen LogP contribution in [0.5, 0.6) is 0 Å². The van der Waals surface area contributed by atoms with Gasteiger partial charge in [0.1, 0.15) is 9.84 Å². The summed E-state index contributed by atoms with van der Waals surface area (Å²) in [5.41, 5.74) is 0. The minimum atomic E-state index is -2.82. The minimum absolute atomic E-state index is 0.259. The zero-order chi connectivity index (χ0) is 12.6. The SMILES string of the molecule is COCCC(NCCCS(C)(=O)=O)C(C)C. The first-order valence-corrected chi connectivity index (χ1v) is 7.83. The fourth-order valence-corrected chi connectivity index (χ4v) is 2.21. The maximum Gasteiger partial charge on any atom is 0.147 e. The van der Waals surface area contributed by atoms with Gasteiger partial charge in [-0.1, -0.05) is 13.8 Å². The van der Waals surface area contributed by atoms with E-state index in [9.17, 15) is 8.42 Å². The Morgan fingerprint density at radius 3 is 2.38 bits per heavy atom. The van der Waals surface area contributed by atoms with Crippen molar-refractivity contribution in [1.82, 2.24) is 5.32 Å². The Morgan fingerprint density at radius 1 is 1.31 bits per heavy atom. The van der Waals surface area contributed by atoms with E-state index < -0.39 is 9.84 Å². The molecule has 0 radical (unpaired) electrons. The van der Waals surface area contributed by atoms with Crippen LogP contribution in [0.25, 0.3) is 0 Å². The van der Waals surface area contributed by atoms with Gasteiger partial charge in [-0.2, -0.15) is 0 Å². The molecule has 98 valence electrons. The third kappa shape index (κ3) is 9.12. The van der Waals surface area contributed by atoms with Crippen molar-refractivity contribution in [3.8, 4) is 0 Å². The van der Waals surface area contributed by atoms with Gasteiger partial charge < -0.3 is 10.1 Å². The highest BCUT2D eigenvalue weighted by molar-refractivity contribution is 7.90. The molecule has 1 atom stereocenters. The van der Waals surface area contributed by atoms with Crippen LogP contribution in [0.3, 0.4) is 0 Å².